The molecule has 0 bridgehead atoms. The van der Waals surface area contributed by atoms with Crippen LogP contribution in [0.15, 0.2) is 60.8 Å². The van der Waals surface area contributed by atoms with Crippen LogP contribution in [0.4, 0.5) is 0 Å². The number of rotatable bonds is 5. The molecule has 0 spiro atoms. The van der Waals surface area contributed by atoms with E-state index < -0.39 is 0 Å². The third kappa shape index (κ3) is 3.04. The Labute approximate surface area is 140 Å². The third-order valence-corrected chi connectivity index (χ3v) is 3.83. The number of H-pyrrole nitrogens is 1. The minimum absolute atomic E-state index is 0.347. The maximum absolute atomic E-state index is 12.1. The van der Waals surface area contributed by atoms with Crippen LogP contribution in [-0.4, -0.2) is 24.7 Å². The van der Waals surface area contributed by atoms with Gasteiger partial charge in [0.15, 0.2) is 0 Å². The van der Waals surface area contributed by atoms with Crippen LogP contribution in [0.2, 0.25) is 0 Å². The van der Waals surface area contributed by atoms with E-state index in [9.17, 15) is 4.79 Å². The summed E-state index contributed by atoms with van der Waals surface area (Å²) in [7, 11) is 1.64. The standard InChI is InChI=1S/C20H19NO3/c1-3-24-19(22)13-17(14-7-5-4-6-8-14)15-9-10-18(23-2)20-16(15)11-12-21-20/h4-13,21H,3H2,1-2H3/b17-13+. The van der Waals surface area contributed by atoms with Gasteiger partial charge in [-0.1, -0.05) is 30.3 Å². The Balaban J connectivity index is 2.20. The first-order valence-corrected chi connectivity index (χ1v) is 7.83. The number of nitrogens with one attached hydrogen (secondary N) is 1. The molecule has 0 saturated carbocycles. The zero-order valence-corrected chi connectivity index (χ0v) is 13.7. The smallest absolute Gasteiger partial charge is 0.331 e. The lowest BCUT2D eigenvalue weighted by Gasteiger charge is -2.12. The van der Waals surface area contributed by atoms with Gasteiger partial charge in [-0.3, -0.25) is 0 Å². The number of hydrogen-bond acceptors (Lipinski definition) is 3. The maximum atomic E-state index is 12.1. The van der Waals surface area contributed by atoms with Gasteiger partial charge < -0.3 is 14.5 Å². The summed E-state index contributed by atoms with van der Waals surface area (Å²) in [6.45, 7) is 2.14. The highest BCUT2D eigenvalue weighted by molar-refractivity contribution is 6.04. The highest BCUT2D eigenvalue weighted by Gasteiger charge is 2.14. The number of fused-ring (bicyclic) bond motifs is 1. The summed E-state index contributed by atoms with van der Waals surface area (Å²) in [6, 6.07) is 15.7. The van der Waals surface area contributed by atoms with E-state index in [-0.39, 0.29) is 5.97 Å². The molecule has 0 aliphatic rings. The van der Waals surface area contributed by atoms with Gasteiger partial charge in [0, 0.05) is 17.7 Å². The number of aromatic nitrogens is 1. The average molecular weight is 321 g/mol. The first kappa shape index (κ1) is 15.9. The van der Waals surface area contributed by atoms with E-state index in [2.05, 4.69) is 4.98 Å². The predicted molar refractivity (Wildman–Crippen MR) is 95.0 cm³/mol. The quantitative estimate of drug-likeness (QED) is 0.567. The third-order valence-electron chi connectivity index (χ3n) is 3.83. The fourth-order valence-corrected chi connectivity index (χ4v) is 2.77. The van der Waals surface area contributed by atoms with Crippen molar-refractivity contribution in [2.24, 2.45) is 0 Å². The summed E-state index contributed by atoms with van der Waals surface area (Å²) in [5, 5.41) is 0.994. The molecule has 3 rings (SSSR count). The maximum Gasteiger partial charge on any atom is 0.331 e. The Hall–Kier alpha value is -3.01. The molecule has 0 unspecified atom stereocenters. The van der Waals surface area contributed by atoms with Crippen molar-refractivity contribution in [1.29, 1.82) is 0 Å². The molecule has 24 heavy (non-hydrogen) atoms. The first-order chi connectivity index (χ1) is 11.7. The Morgan fingerprint density at radius 2 is 1.92 bits per heavy atom. The molecule has 0 fully saturated rings. The topological polar surface area (TPSA) is 51.3 Å². The number of carbonyl (C=O) groups excluding carboxylic acids is 1. The van der Waals surface area contributed by atoms with Crippen LogP contribution in [-0.2, 0) is 9.53 Å². The van der Waals surface area contributed by atoms with Crippen molar-refractivity contribution < 1.29 is 14.3 Å². The Morgan fingerprint density at radius 3 is 2.62 bits per heavy atom. The number of methoxy groups -OCH3 is 1. The molecule has 2 aromatic carbocycles. The second kappa shape index (κ2) is 7.04. The van der Waals surface area contributed by atoms with E-state index in [4.69, 9.17) is 9.47 Å². The molecule has 3 aromatic rings. The molecule has 1 N–H and O–H groups in total. The highest BCUT2D eigenvalue weighted by Crippen LogP contribution is 2.34. The molecular formula is C20H19NO3. The molecule has 1 aromatic heterocycles. The van der Waals surface area contributed by atoms with Crippen molar-refractivity contribution in [2.45, 2.75) is 6.92 Å². The van der Waals surface area contributed by atoms with Gasteiger partial charge in [-0.05, 0) is 41.8 Å². The summed E-state index contributed by atoms with van der Waals surface area (Å²) >= 11 is 0. The molecule has 0 radical (unpaired) electrons. The number of ether oxygens (including phenoxy) is 2. The van der Waals surface area contributed by atoms with Crippen LogP contribution < -0.4 is 4.74 Å². The molecule has 4 nitrogen and oxygen atoms in total. The van der Waals surface area contributed by atoms with E-state index in [1.807, 2.05) is 54.7 Å². The van der Waals surface area contributed by atoms with Crippen molar-refractivity contribution in [1.82, 2.24) is 4.98 Å². The Bertz CT molecular complexity index is 878. The lowest BCUT2D eigenvalue weighted by Crippen LogP contribution is -2.02. The van der Waals surface area contributed by atoms with Gasteiger partial charge in [-0.2, -0.15) is 0 Å². The summed E-state index contributed by atoms with van der Waals surface area (Å²) in [6.07, 6.45) is 3.41. The number of esters is 1. The Morgan fingerprint density at radius 1 is 1.12 bits per heavy atom. The minimum Gasteiger partial charge on any atom is -0.495 e. The minimum atomic E-state index is -0.351. The van der Waals surface area contributed by atoms with Gasteiger partial charge >= 0.3 is 5.97 Å². The Kier molecular flexibility index (Phi) is 4.66. The molecule has 0 saturated heterocycles. The first-order valence-electron chi connectivity index (χ1n) is 7.83. The van der Waals surface area contributed by atoms with Crippen molar-refractivity contribution in [3.63, 3.8) is 0 Å². The normalized spacial score (nSPS) is 11.5. The van der Waals surface area contributed by atoms with Gasteiger partial charge in [0.25, 0.3) is 0 Å². The van der Waals surface area contributed by atoms with Crippen molar-refractivity contribution in [3.05, 3.63) is 71.9 Å². The van der Waals surface area contributed by atoms with Crippen molar-refractivity contribution in [2.75, 3.05) is 13.7 Å². The number of carbonyl (C=O) groups is 1. The van der Waals surface area contributed by atoms with Crippen LogP contribution >= 0.6 is 0 Å². The van der Waals surface area contributed by atoms with Gasteiger partial charge in [0.05, 0.1) is 19.2 Å². The fraction of sp³-hybridized carbons (Fsp3) is 0.150. The van der Waals surface area contributed by atoms with Gasteiger partial charge in [-0.15, -0.1) is 0 Å². The zero-order chi connectivity index (χ0) is 16.9. The molecule has 0 aliphatic carbocycles. The van der Waals surface area contributed by atoms with Crippen LogP contribution in [0.5, 0.6) is 5.75 Å². The van der Waals surface area contributed by atoms with Gasteiger partial charge in [-0.25, -0.2) is 4.79 Å². The van der Waals surface area contributed by atoms with Crippen LogP contribution in [0.3, 0.4) is 0 Å². The largest absolute Gasteiger partial charge is 0.495 e. The van der Waals surface area contributed by atoms with Gasteiger partial charge in [0.2, 0.25) is 0 Å². The van der Waals surface area contributed by atoms with Crippen molar-refractivity contribution >= 4 is 22.4 Å². The lowest BCUT2D eigenvalue weighted by molar-refractivity contribution is -0.137. The van der Waals surface area contributed by atoms with Crippen LogP contribution in [0, 0.1) is 0 Å². The average Bonchev–Trinajstić information content (AvgIpc) is 3.10. The molecular weight excluding hydrogens is 302 g/mol. The summed E-state index contributed by atoms with van der Waals surface area (Å²) in [4.78, 5) is 15.3. The molecule has 0 aliphatic heterocycles. The SMILES string of the molecule is CCOC(=O)/C=C(\c1ccccc1)c1ccc(OC)c2[nH]ccc12. The fourth-order valence-electron chi connectivity index (χ4n) is 2.77. The van der Waals surface area contributed by atoms with E-state index in [1.165, 1.54) is 0 Å². The number of benzene rings is 2. The van der Waals surface area contributed by atoms with E-state index in [0.717, 1.165) is 33.4 Å². The number of hydrogen-bond donors (Lipinski definition) is 1. The summed E-state index contributed by atoms with van der Waals surface area (Å²) < 4.78 is 10.5. The molecule has 4 heteroatoms. The monoisotopic (exact) mass is 321 g/mol. The predicted octanol–water partition coefficient (Wildman–Crippen LogP) is 4.17. The second-order valence-corrected chi connectivity index (χ2v) is 5.26. The van der Waals surface area contributed by atoms with Crippen molar-refractivity contribution in [3.8, 4) is 5.75 Å². The summed E-state index contributed by atoms with van der Waals surface area (Å²) in [5.41, 5.74) is 3.63. The number of aromatic amines is 1. The van der Waals surface area contributed by atoms with Crippen LogP contribution in [0.1, 0.15) is 18.1 Å². The van der Waals surface area contributed by atoms with E-state index in [1.54, 1.807) is 20.1 Å². The molecule has 0 atom stereocenters. The zero-order valence-electron chi connectivity index (χ0n) is 13.7. The summed E-state index contributed by atoms with van der Waals surface area (Å²) in [5.74, 6) is 0.415. The molecule has 1 heterocycles. The highest BCUT2D eigenvalue weighted by atomic mass is 16.5. The second-order valence-electron chi connectivity index (χ2n) is 5.26. The van der Waals surface area contributed by atoms with Gasteiger partial charge in [0.1, 0.15) is 5.75 Å². The van der Waals surface area contributed by atoms with E-state index in [0.29, 0.717) is 6.61 Å². The van der Waals surface area contributed by atoms with E-state index >= 15 is 0 Å². The lowest BCUT2D eigenvalue weighted by atomic mass is 9.94. The van der Waals surface area contributed by atoms with Crippen LogP contribution in [0.25, 0.3) is 16.5 Å². The molecule has 122 valence electrons. The molecule has 0 amide bonds.